The van der Waals surface area contributed by atoms with Crippen molar-refractivity contribution < 1.29 is 19.8 Å². The van der Waals surface area contributed by atoms with Gasteiger partial charge in [-0.1, -0.05) is 6.92 Å². The number of aliphatic hydroxyl groups is 2. The van der Waals surface area contributed by atoms with E-state index in [1.54, 1.807) is 6.92 Å². The van der Waals surface area contributed by atoms with Crippen LogP contribution >= 0.6 is 0 Å². The molecule has 0 rings (SSSR count). The van der Waals surface area contributed by atoms with E-state index in [0.717, 1.165) is 0 Å². The molecule has 2 N–H and O–H groups in total. The van der Waals surface area contributed by atoms with E-state index in [1.165, 1.54) is 0 Å². The van der Waals surface area contributed by atoms with Crippen LogP contribution < -0.4 is 0 Å². The van der Waals surface area contributed by atoms with Gasteiger partial charge in [0, 0.05) is 0 Å². The molecule has 0 aliphatic carbocycles. The minimum atomic E-state index is -1.49. The molecule has 60 valence electrons. The largest absolute Gasteiger partial charge is 0.368 e. The lowest BCUT2D eigenvalue weighted by Gasteiger charge is -2.07. The molecule has 0 aliphatic rings. The van der Waals surface area contributed by atoms with Crippen LogP contribution in [-0.4, -0.2) is 29.6 Å². The van der Waals surface area contributed by atoms with Gasteiger partial charge in [-0.3, -0.25) is 0 Å². The van der Waals surface area contributed by atoms with Gasteiger partial charge in [-0.2, -0.15) is 0 Å². The van der Waals surface area contributed by atoms with E-state index in [4.69, 9.17) is 15.0 Å². The molecule has 0 aliphatic heterocycles. The Bertz CT molecular complexity index is 81.8. The van der Waals surface area contributed by atoms with Crippen LogP contribution in [0.5, 0.6) is 0 Å². The Morgan fingerprint density at radius 3 is 1.90 bits per heavy atom. The third-order valence-corrected chi connectivity index (χ3v) is 1.03. The minimum Gasteiger partial charge on any atom is -0.368 e. The second-order valence-corrected chi connectivity index (χ2v) is 1.62. The molecule has 0 saturated carbocycles. The van der Waals surface area contributed by atoms with Crippen LogP contribution in [0.15, 0.2) is 0 Å². The van der Waals surface area contributed by atoms with Crippen molar-refractivity contribution in [3.05, 3.63) is 0 Å². The van der Waals surface area contributed by atoms with Crippen molar-refractivity contribution in [3.63, 3.8) is 0 Å². The molecule has 1 unspecified atom stereocenters. The van der Waals surface area contributed by atoms with Crippen LogP contribution in [0.1, 0.15) is 13.3 Å². The van der Waals surface area contributed by atoms with Crippen LogP contribution in [0.3, 0.4) is 0 Å². The fourth-order valence-corrected chi connectivity index (χ4v) is 0.377. The number of rotatable bonds is 3. The first-order valence-electron chi connectivity index (χ1n) is 2.82. The molecule has 0 aromatic heterocycles. The summed E-state index contributed by atoms with van der Waals surface area (Å²) in [5.74, 6) is -0.616. The predicted octanol–water partition coefficient (Wildman–Crippen LogP) is -0.663. The molecule has 0 saturated heterocycles. The number of carbonyl (C=O) groups is 2. The van der Waals surface area contributed by atoms with Gasteiger partial charge in [-0.05, 0) is 6.42 Å². The van der Waals surface area contributed by atoms with Gasteiger partial charge in [0.2, 0.25) is 0 Å². The topological polar surface area (TPSA) is 74.6 Å². The highest BCUT2D eigenvalue weighted by Crippen LogP contribution is 2.00. The number of hydrogen-bond donors (Lipinski definition) is 2. The average molecular weight is 148 g/mol. The quantitative estimate of drug-likeness (QED) is 0.411. The number of aliphatic hydroxyl groups excluding tert-OH is 1. The van der Waals surface area contributed by atoms with Crippen molar-refractivity contribution >= 4 is 13.1 Å². The lowest BCUT2D eigenvalue weighted by atomic mass is 10.1. The molecule has 0 radical (unpaired) electrons. The fraction of sp³-hybridized carbons (Fsp3) is 0.667. The molecular weight excluding hydrogens is 136 g/mol. The zero-order valence-corrected chi connectivity index (χ0v) is 5.86. The summed E-state index contributed by atoms with van der Waals surface area (Å²) in [6, 6.07) is 0. The Kier molecular flexibility index (Phi) is 9.90. The number of carbonyl (C=O) groups excluding carboxylic acids is 2. The van der Waals surface area contributed by atoms with Crippen molar-refractivity contribution in [1.82, 2.24) is 0 Å². The predicted molar refractivity (Wildman–Crippen MR) is 35.2 cm³/mol. The monoisotopic (exact) mass is 148 g/mol. The summed E-state index contributed by atoms with van der Waals surface area (Å²) in [5, 5.41) is 16.7. The van der Waals surface area contributed by atoms with Crippen molar-refractivity contribution in [1.29, 1.82) is 0 Å². The van der Waals surface area contributed by atoms with E-state index < -0.39 is 12.2 Å². The van der Waals surface area contributed by atoms with E-state index in [-0.39, 0.29) is 0 Å². The molecule has 10 heavy (non-hydrogen) atoms. The lowest BCUT2D eigenvalue weighted by Crippen LogP contribution is -2.19. The van der Waals surface area contributed by atoms with Gasteiger partial charge in [0.1, 0.15) is 13.1 Å². The Morgan fingerprint density at radius 2 is 1.90 bits per heavy atom. The van der Waals surface area contributed by atoms with Crippen molar-refractivity contribution in [3.8, 4) is 0 Å². The number of hydrogen-bond acceptors (Lipinski definition) is 4. The first kappa shape index (κ1) is 12.0. The van der Waals surface area contributed by atoms with E-state index in [0.29, 0.717) is 12.7 Å². The van der Waals surface area contributed by atoms with Crippen LogP contribution in [0.4, 0.5) is 0 Å². The molecule has 0 spiro atoms. The van der Waals surface area contributed by atoms with E-state index >= 15 is 0 Å². The molecule has 0 amide bonds. The first-order valence-corrected chi connectivity index (χ1v) is 2.82. The van der Waals surface area contributed by atoms with E-state index in [9.17, 15) is 4.79 Å². The summed E-state index contributed by atoms with van der Waals surface area (Å²) in [5.41, 5.74) is 0. The van der Waals surface area contributed by atoms with Gasteiger partial charge in [0.15, 0.2) is 6.29 Å². The van der Waals surface area contributed by atoms with Gasteiger partial charge in [0.25, 0.3) is 0 Å². The van der Waals surface area contributed by atoms with Gasteiger partial charge in [0.05, 0.1) is 5.92 Å². The fourth-order valence-electron chi connectivity index (χ4n) is 0.377. The Labute approximate surface area is 59.5 Å². The molecule has 4 nitrogen and oxygen atoms in total. The Morgan fingerprint density at radius 1 is 1.50 bits per heavy atom. The van der Waals surface area contributed by atoms with Crippen LogP contribution in [0.25, 0.3) is 0 Å². The first-order chi connectivity index (χ1) is 4.72. The molecule has 0 aromatic rings. The van der Waals surface area contributed by atoms with Crippen LogP contribution in [-0.2, 0) is 9.59 Å². The van der Waals surface area contributed by atoms with Gasteiger partial charge >= 0.3 is 0 Å². The van der Waals surface area contributed by atoms with Crippen LogP contribution in [0.2, 0.25) is 0 Å². The number of aldehydes is 1. The zero-order chi connectivity index (χ0) is 8.57. The van der Waals surface area contributed by atoms with Crippen molar-refractivity contribution in [2.45, 2.75) is 19.6 Å². The van der Waals surface area contributed by atoms with Crippen molar-refractivity contribution in [2.75, 3.05) is 0 Å². The van der Waals surface area contributed by atoms with Gasteiger partial charge in [-0.25, -0.2) is 0 Å². The minimum absolute atomic E-state index is 0.473. The normalized spacial score (nSPS) is 11.6. The highest BCUT2D eigenvalue weighted by molar-refractivity contribution is 5.53. The molecule has 4 heteroatoms. The van der Waals surface area contributed by atoms with E-state index in [2.05, 4.69) is 0 Å². The molecule has 0 fully saturated rings. The molecule has 1 atom stereocenters. The Balaban J connectivity index is 0. The summed E-state index contributed by atoms with van der Waals surface area (Å²) < 4.78 is 0. The summed E-state index contributed by atoms with van der Waals surface area (Å²) in [7, 11) is 0. The smallest absolute Gasteiger partial charge is 0.160 e. The lowest BCUT2D eigenvalue weighted by molar-refractivity contribution is -0.128. The standard InChI is InChI=1S/C5H10O3.CH2O/c1-2-4(3-6)5(7)8;1-2/h3-5,7-8H,2H2,1H3;1H2. The summed E-state index contributed by atoms with van der Waals surface area (Å²) in [6.07, 6.45) is -0.469. The zero-order valence-electron chi connectivity index (χ0n) is 5.86. The maximum absolute atomic E-state index is 9.86. The highest BCUT2D eigenvalue weighted by Gasteiger charge is 2.11. The van der Waals surface area contributed by atoms with E-state index in [1.807, 2.05) is 6.79 Å². The van der Waals surface area contributed by atoms with Crippen LogP contribution in [0, 0.1) is 5.92 Å². The van der Waals surface area contributed by atoms with Crippen molar-refractivity contribution in [2.24, 2.45) is 5.92 Å². The third kappa shape index (κ3) is 5.40. The molecule has 0 heterocycles. The highest BCUT2D eigenvalue weighted by atomic mass is 16.5. The molecular formula is C6H12O4. The SMILES string of the molecule is C=O.CCC(C=O)C(O)O. The Hall–Kier alpha value is -0.740. The summed E-state index contributed by atoms with van der Waals surface area (Å²) in [6.45, 7) is 3.72. The summed E-state index contributed by atoms with van der Waals surface area (Å²) >= 11 is 0. The third-order valence-electron chi connectivity index (χ3n) is 1.03. The second kappa shape index (κ2) is 8.26. The summed E-state index contributed by atoms with van der Waals surface area (Å²) in [4.78, 5) is 17.9. The average Bonchev–Trinajstić information content (AvgIpc) is 1.94. The molecule has 0 bridgehead atoms. The van der Waals surface area contributed by atoms with Gasteiger partial charge in [-0.15, -0.1) is 0 Å². The van der Waals surface area contributed by atoms with Gasteiger partial charge < -0.3 is 19.8 Å². The maximum Gasteiger partial charge on any atom is 0.160 e. The molecule has 0 aromatic carbocycles. The maximum atomic E-state index is 9.86. The second-order valence-electron chi connectivity index (χ2n) is 1.62.